The van der Waals surface area contributed by atoms with Crippen molar-refractivity contribution in [3.05, 3.63) is 24.5 Å². The van der Waals surface area contributed by atoms with Gasteiger partial charge in [0, 0.05) is 22.5 Å². The highest BCUT2D eigenvalue weighted by molar-refractivity contribution is 7.99. The van der Waals surface area contributed by atoms with Gasteiger partial charge in [-0.25, -0.2) is 0 Å². The number of hydrogen-bond acceptors (Lipinski definition) is 4. The van der Waals surface area contributed by atoms with Crippen LogP contribution in [0.15, 0.2) is 29.4 Å². The van der Waals surface area contributed by atoms with Crippen molar-refractivity contribution in [3.63, 3.8) is 0 Å². The molecule has 0 spiro atoms. The molecule has 0 aromatic carbocycles. The topological polar surface area (TPSA) is 48.7 Å². The Balaban J connectivity index is 2.55. The SMILES string of the molecule is CNC(C)(C#N)CC(C)Sc1ccncc1. The van der Waals surface area contributed by atoms with Crippen LogP contribution in [0.25, 0.3) is 0 Å². The molecule has 0 bridgehead atoms. The Morgan fingerprint density at radius 3 is 2.69 bits per heavy atom. The van der Waals surface area contributed by atoms with Crippen LogP contribution in [0, 0.1) is 11.3 Å². The molecule has 0 saturated heterocycles. The molecule has 1 aromatic heterocycles. The molecule has 0 saturated carbocycles. The Morgan fingerprint density at radius 2 is 2.19 bits per heavy atom. The van der Waals surface area contributed by atoms with E-state index in [0.717, 1.165) is 6.42 Å². The van der Waals surface area contributed by atoms with E-state index in [1.54, 1.807) is 24.2 Å². The Kier molecular flexibility index (Phi) is 4.78. The molecule has 1 heterocycles. The summed E-state index contributed by atoms with van der Waals surface area (Å²) in [4.78, 5) is 5.17. The Labute approximate surface area is 101 Å². The molecule has 0 amide bonds. The maximum absolute atomic E-state index is 9.07. The van der Waals surface area contributed by atoms with Crippen molar-refractivity contribution in [2.75, 3.05) is 7.05 Å². The fourth-order valence-corrected chi connectivity index (χ4v) is 2.63. The highest BCUT2D eigenvalue weighted by Gasteiger charge is 2.24. The van der Waals surface area contributed by atoms with Crippen LogP contribution in [-0.2, 0) is 0 Å². The van der Waals surface area contributed by atoms with Gasteiger partial charge < -0.3 is 5.32 Å². The van der Waals surface area contributed by atoms with Gasteiger partial charge >= 0.3 is 0 Å². The maximum atomic E-state index is 9.07. The van der Waals surface area contributed by atoms with Crippen LogP contribution in [0.3, 0.4) is 0 Å². The van der Waals surface area contributed by atoms with E-state index in [0.29, 0.717) is 5.25 Å². The summed E-state index contributed by atoms with van der Waals surface area (Å²) in [6.45, 7) is 4.06. The van der Waals surface area contributed by atoms with Crippen LogP contribution in [-0.4, -0.2) is 22.8 Å². The molecular weight excluding hydrogens is 218 g/mol. The molecule has 2 atom stereocenters. The summed E-state index contributed by atoms with van der Waals surface area (Å²) in [6, 6.07) is 6.29. The maximum Gasteiger partial charge on any atom is 0.104 e. The highest BCUT2D eigenvalue weighted by atomic mass is 32.2. The molecule has 1 N–H and O–H groups in total. The van der Waals surface area contributed by atoms with Crippen LogP contribution in [0.5, 0.6) is 0 Å². The van der Waals surface area contributed by atoms with Crippen molar-refractivity contribution in [1.82, 2.24) is 10.3 Å². The monoisotopic (exact) mass is 235 g/mol. The first-order valence-corrected chi connectivity index (χ1v) is 6.14. The lowest BCUT2D eigenvalue weighted by Gasteiger charge is -2.24. The van der Waals surface area contributed by atoms with E-state index in [9.17, 15) is 0 Å². The minimum Gasteiger partial charge on any atom is -0.303 e. The van der Waals surface area contributed by atoms with Gasteiger partial charge in [0.15, 0.2) is 0 Å². The highest BCUT2D eigenvalue weighted by Crippen LogP contribution is 2.27. The van der Waals surface area contributed by atoms with Crippen LogP contribution in [0.2, 0.25) is 0 Å². The Hall–Kier alpha value is -1.05. The van der Waals surface area contributed by atoms with Gasteiger partial charge in [0.1, 0.15) is 5.54 Å². The number of rotatable bonds is 5. The van der Waals surface area contributed by atoms with E-state index in [2.05, 4.69) is 23.3 Å². The number of nitrogens with one attached hydrogen (secondary N) is 1. The Bertz CT molecular complexity index is 360. The number of aromatic nitrogens is 1. The first-order valence-electron chi connectivity index (χ1n) is 5.26. The minimum absolute atomic E-state index is 0.388. The fourth-order valence-electron chi connectivity index (χ4n) is 1.47. The van der Waals surface area contributed by atoms with Crippen LogP contribution < -0.4 is 5.32 Å². The van der Waals surface area contributed by atoms with Gasteiger partial charge in [0.05, 0.1) is 6.07 Å². The largest absolute Gasteiger partial charge is 0.303 e. The molecule has 1 aromatic rings. The zero-order chi connectivity index (χ0) is 12.0. The zero-order valence-corrected chi connectivity index (χ0v) is 10.7. The minimum atomic E-state index is -0.445. The summed E-state index contributed by atoms with van der Waals surface area (Å²) in [5.74, 6) is 0. The van der Waals surface area contributed by atoms with E-state index in [-0.39, 0.29) is 0 Å². The van der Waals surface area contributed by atoms with Crippen molar-refractivity contribution in [3.8, 4) is 6.07 Å². The predicted octanol–water partition coefficient (Wildman–Crippen LogP) is 2.45. The third kappa shape index (κ3) is 3.84. The molecule has 86 valence electrons. The number of hydrogen-bond donors (Lipinski definition) is 1. The summed E-state index contributed by atoms with van der Waals surface area (Å²) in [5.41, 5.74) is -0.445. The quantitative estimate of drug-likeness (QED) is 0.796. The van der Waals surface area contributed by atoms with E-state index in [1.165, 1.54) is 4.90 Å². The second kappa shape index (κ2) is 5.88. The first-order chi connectivity index (χ1) is 7.59. The molecule has 0 aliphatic rings. The van der Waals surface area contributed by atoms with Gasteiger partial charge in [0.25, 0.3) is 0 Å². The van der Waals surface area contributed by atoms with Gasteiger partial charge in [-0.1, -0.05) is 6.92 Å². The van der Waals surface area contributed by atoms with Crippen molar-refractivity contribution in [1.29, 1.82) is 5.26 Å². The molecule has 0 aliphatic carbocycles. The average Bonchev–Trinajstić information content (AvgIpc) is 2.30. The summed E-state index contributed by atoms with van der Waals surface area (Å²) in [5, 5.41) is 12.5. The third-order valence-corrected chi connectivity index (χ3v) is 3.59. The second-order valence-corrected chi connectivity index (χ2v) is 5.52. The van der Waals surface area contributed by atoms with Crippen molar-refractivity contribution in [2.24, 2.45) is 0 Å². The van der Waals surface area contributed by atoms with Crippen molar-refractivity contribution < 1.29 is 0 Å². The lowest BCUT2D eigenvalue weighted by Crippen LogP contribution is -2.40. The molecule has 0 aliphatic heterocycles. The normalized spacial score (nSPS) is 16.1. The van der Waals surface area contributed by atoms with Crippen LogP contribution in [0.4, 0.5) is 0 Å². The first kappa shape index (κ1) is 13.0. The number of pyridine rings is 1. The number of thioether (sulfide) groups is 1. The molecule has 2 unspecified atom stereocenters. The summed E-state index contributed by atoms with van der Waals surface area (Å²) in [7, 11) is 1.83. The van der Waals surface area contributed by atoms with Gasteiger partial charge in [0.2, 0.25) is 0 Å². The van der Waals surface area contributed by atoms with Gasteiger partial charge in [-0.15, -0.1) is 11.8 Å². The molecule has 3 nitrogen and oxygen atoms in total. The molecule has 4 heteroatoms. The smallest absolute Gasteiger partial charge is 0.104 e. The second-order valence-electron chi connectivity index (χ2n) is 4.01. The molecule has 0 fully saturated rings. The van der Waals surface area contributed by atoms with Gasteiger partial charge in [-0.05, 0) is 32.5 Å². The van der Waals surface area contributed by atoms with Crippen LogP contribution in [0.1, 0.15) is 20.3 Å². The number of nitriles is 1. The summed E-state index contributed by atoms with van der Waals surface area (Å²) < 4.78 is 0. The average molecular weight is 235 g/mol. The van der Waals surface area contributed by atoms with Crippen molar-refractivity contribution in [2.45, 2.75) is 36.0 Å². The predicted molar refractivity (Wildman–Crippen MR) is 67.3 cm³/mol. The molecule has 1 rings (SSSR count). The molecule has 16 heavy (non-hydrogen) atoms. The van der Waals surface area contributed by atoms with Gasteiger partial charge in [-0.2, -0.15) is 5.26 Å². The van der Waals surface area contributed by atoms with E-state index < -0.39 is 5.54 Å². The van der Waals surface area contributed by atoms with E-state index >= 15 is 0 Å². The lowest BCUT2D eigenvalue weighted by molar-refractivity contribution is 0.455. The summed E-state index contributed by atoms with van der Waals surface area (Å²) >= 11 is 1.77. The standard InChI is InChI=1S/C12H17N3S/c1-10(8-12(2,9-13)14-3)16-11-4-6-15-7-5-11/h4-7,10,14H,8H2,1-3H3. The van der Waals surface area contributed by atoms with Crippen molar-refractivity contribution >= 4 is 11.8 Å². The number of nitrogens with zero attached hydrogens (tertiary/aromatic N) is 2. The molecule has 0 radical (unpaired) electrons. The fraction of sp³-hybridized carbons (Fsp3) is 0.500. The van der Waals surface area contributed by atoms with Gasteiger partial charge in [-0.3, -0.25) is 4.98 Å². The summed E-state index contributed by atoms with van der Waals surface area (Å²) in [6.07, 6.45) is 4.39. The molecular formula is C12H17N3S. The lowest BCUT2D eigenvalue weighted by atomic mass is 9.98. The Morgan fingerprint density at radius 1 is 1.56 bits per heavy atom. The van der Waals surface area contributed by atoms with E-state index in [1.807, 2.05) is 26.1 Å². The van der Waals surface area contributed by atoms with Crippen LogP contribution >= 0.6 is 11.8 Å². The third-order valence-electron chi connectivity index (χ3n) is 2.48. The van der Waals surface area contributed by atoms with E-state index in [4.69, 9.17) is 5.26 Å². The zero-order valence-electron chi connectivity index (χ0n) is 9.90.